The average Bonchev–Trinajstić information content (AvgIpc) is 2.30. The van der Waals surface area contributed by atoms with E-state index in [2.05, 4.69) is 22.1 Å². The van der Waals surface area contributed by atoms with Gasteiger partial charge in [-0.25, -0.2) is 4.98 Å². The highest BCUT2D eigenvalue weighted by atomic mass is 32.2. The van der Waals surface area contributed by atoms with E-state index >= 15 is 0 Å². The van der Waals surface area contributed by atoms with Gasteiger partial charge in [-0.05, 0) is 42.4 Å². The number of hydrogen-bond acceptors (Lipinski definition) is 4. The molecule has 1 aliphatic rings. The molecule has 15 heavy (non-hydrogen) atoms. The molecule has 1 aliphatic heterocycles. The minimum Gasteiger partial charge on any atom is -0.384 e. The predicted molar refractivity (Wildman–Crippen MR) is 67.2 cm³/mol. The smallest absolute Gasteiger partial charge is 0.123 e. The van der Waals surface area contributed by atoms with Crippen LogP contribution in [0, 0.1) is 5.92 Å². The molecular weight excluding hydrogens is 206 g/mol. The number of hydrogen-bond donors (Lipinski definition) is 2. The van der Waals surface area contributed by atoms with Crippen LogP contribution in [0.4, 0.5) is 11.5 Å². The fraction of sp³-hybridized carbons (Fsp3) is 0.545. The normalized spacial score (nSPS) is 17.6. The van der Waals surface area contributed by atoms with Crippen LogP contribution in [0.15, 0.2) is 18.3 Å². The Kier molecular flexibility index (Phi) is 3.72. The topological polar surface area (TPSA) is 50.9 Å². The zero-order valence-electron chi connectivity index (χ0n) is 8.78. The quantitative estimate of drug-likeness (QED) is 0.825. The number of thioether (sulfide) groups is 1. The molecule has 1 aromatic rings. The lowest BCUT2D eigenvalue weighted by molar-refractivity contribution is 0.516. The van der Waals surface area contributed by atoms with Crippen LogP contribution in [-0.4, -0.2) is 23.0 Å². The van der Waals surface area contributed by atoms with Gasteiger partial charge in [0.1, 0.15) is 5.82 Å². The van der Waals surface area contributed by atoms with Crippen molar-refractivity contribution in [3.8, 4) is 0 Å². The maximum Gasteiger partial charge on any atom is 0.123 e. The molecule has 3 N–H and O–H groups in total. The number of nitrogens with two attached hydrogens (primary N) is 1. The summed E-state index contributed by atoms with van der Waals surface area (Å²) in [5, 5.41) is 3.41. The molecule has 82 valence electrons. The van der Waals surface area contributed by atoms with Crippen molar-refractivity contribution in [3.05, 3.63) is 18.3 Å². The molecule has 0 aromatic carbocycles. The second-order valence-corrected chi connectivity index (χ2v) is 5.13. The van der Waals surface area contributed by atoms with Crippen LogP contribution >= 0.6 is 11.8 Å². The number of anilines is 2. The first kappa shape index (κ1) is 10.6. The number of nitrogens with one attached hydrogen (secondary N) is 1. The zero-order valence-corrected chi connectivity index (χ0v) is 9.59. The Labute approximate surface area is 94.8 Å². The van der Waals surface area contributed by atoms with E-state index in [-0.39, 0.29) is 0 Å². The lowest BCUT2D eigenvalue weighted by atomic mass is 10.0. The van der Waals surface area contributed by atoms with Crippen molar-refractivity contribution >= 4 is 23.3 Å². The van der Waals surface area contributed by atoms with Gasteiger partial charge in [-0.3, -0.25) is 0 Å². The first-order valence-electron chi connectivity index (χ1n) is 5.38. The van der Waals surface area contributed by atoms with Crippen LogP contribution in [0.2, 0.25) is 0 Å². The van der Waals surface area contributed by atoms with Crippen LogP contribution in [0.1, 0.15) is 12.8 Å². The molecule has 0 atom stereocenters. The largest absolute Gasteiger partial charge is 0.384 e. The van der Waals surface area contributed by atoms with Gasteiger partial charge in [0.05, 0.1) is 11.9 Å². The molecule has 0 spiro atoms. The van der Waals surface area contributed by atoms with Crippen LogP contribution in [0.5, 0.6) is 0 Å². The van der Waals surface area contributed by atoms with E-state index < -0.39 is 0 Å². The zero-order chi connectivity index (χ0) is 10.5. The molecule has 0 radical (unpaired) electrons. The molecule has 3 nitrogen and oxygen atoms in total. The van der Waals surface area contributed by atoms with Gasteiger partial charge in [0.2, 0.25) is 0 Å². The first-order valence-corrected chi connectivity index (χ1v) is 6.53. The number of rotatable bonds is 3. The standard InChI is InChI=1S/C11H17N3S/c12-11-2-1-10(8-14-11)13-7-9-3-5-15-6-4-9/h1-2,8-9,13H,3-7H2,(H2,12,14). The Morgan fingerprint density at radius 1 is 1.40 bits per heavy atom. The van der Waals surface area contributed by atoms with Crippen LogP contribution in [-0.2, 0) is 0 Å². The molecule has 0 bridgehead atoms. The Hall–Kier alpha value is -0.900. The van der Waals surface area contributed by atoms with Crippen molar-refractivity contribution in [1.82, 2.24) is 4.98 Å². The van der Waals surface area contributed by atoms with Crippen molar-refractivity contribution in [2.75, 3.05) is 29.1 Å². The van der Waals surface area contributed by atoms with Gasteiger partial charge in [-0.15, -0.1) is 0 Å². The lowest BCUT2D eigenvalue weighted by Crippen LogP contribution is -2.19. The van der Waals surface area contributed by atoms with Gasteiger partial charge in [-0.1, -0.05) is 0 Å². The van der Waals surface area contributed by atoms with Gasteiger partial charge in [0.25, 0.3) is 0 Å². The third kappa shape index (κ3) is 3.30. The number of aromatic nitrogens is 1. The maximum absolute atomic E-state index is 5.52. The Morgan fingerprint density at radius 2 is 2.20 bits per heavy atom. The van der Waals surface area contributed by atoms with Crippen LogP contribution in [0.3, 0.4) is 0 Å². The molecule has 2 rings (SSSR count). The molecule has 1 saturated heterocycles. The van der Waals surface area contributed by atoms with Crippen molar-refractivity contribution < 1.29 is 0 Å². The van der Waals surface area contributed by atoms with Gasteiger partial charge >= 0.3 is 0 Å². The van der Waals surface area contributed by atoms with E-state index in [4.69, 9.17) is 5.73 Å². The summed E-state index contributed by atoms with van der Waals surface area (Å²) < 4.78 is 0. The first-order chi connectivity index (χ1) is 7.34. The summed E-state index contributed by atoms with van der Waals surface area (Å²) in [5.74, 6) is 4.02. The second kappa shape index (κ2) is 5.26. The SMILES string of the molecule is Nc1ccc(NCC2CCSCC2)cn1. The highest BCUT2D eigenvalue weighted by molar-refractivity contribution is 7.99. The Bertz CT molecular complexity index is 293. The minimum atomic E-state index is 0.578. The monoisotopic (exact) mass is 223 g/mol. The van der Waals surface area contributed by atoms with Crippen molar-refractivity contribution in [1.29, 1.82) is 0 Å². The molecule has 0 amide bonds. The predicted octanol–water partition coefficient (Wildman–Crippen LogP) is 2.22. The summed E-state index contributed by atoms with van der Waals surface area (Å²) in [6.45, 7) is 1.06. The molecule has 0 aliphatic carbocycles. The molecule has 1 aromatic heterocycles. The summed E-state index contributed by atoms with van der Waals surface area (Å²) in [6.07, 6.45) is 4.47. The fourth-order valence-corrected chi connectivity index (χ4v) is 2.93. The third-order valence-corrected chi connectivity index (χ3v) is 3.77. The third-order valence-electron chi connectivity index (χ3n) is 2.72. The van der Waals surface area contributed by atoms with E-state index in [9.17, 15) is 0 Å². The maximum atomic E-state index is 5.52. The summed E-state index contributed by atoms with van der Waals surface area (Å²) >= 11 is 2.07. The Balaban J connectivity index is 1.79. The average molecular weight is 223 g/mol. The summed E-state index contributed by atoms with van der Waals surface area (Å²) in [7, 11) is 0. The Morgan fingerprint density at radius 3 is 2.87 bits per heavy atom. The highest BCUT2D eigenvalue weighted by Crippen LogP contribution is 2.22. The van der Waals surface area contributed by atoms with E-state index in [1.165, 1.54) is 24.3 Å². The molecule has 1 fully saturated rings. The molecule has 2 heterocycles. The van der Waals surface area contributed by atoms with Gasteiger partial charge in [0.15, 0.2) is 0 Å². The van der Waals surface area contributed by atoms with Crippen molar-refractivity contribution in [2.45, 2.75) is 12.8 Å². The number of nitrogens with zero attached hydrogens (tertiary/aromatic N) is 1. The summed E-state index contributed by atoms with van der Waals surface area (Å²) in [4.78, 5) is 4.05. The molecular formula is C11H17N3S. The van der Waals surface area contributed by atoms with Crippen LogP contribution in [0.25, 0.3) is 0 Å². The lowest BCUT2D eigenvalue weighted by Gasteiger charge is -2.21. The van der Waals surface area contributed by atoms with Crippen molar-refractivity contribution in [2.24, 2.45) is 5.92 Å². The summed E-state index contributed by atoms with van der Waals surface area (Å²) in [6, 6.07) is 3.82. The van der Waals surface area contributed by atoms with E-state index in [1.807, 2.05) is 12.1 Å². The fourth-order valence-electron chi connectivity index (χ4n) is 1.72. The summed E-state index contributed by atoms with van der Waals surface area (Å²) in [5.41, 5.74) is 6.60. The van der Waals surface area contributed by atoms with Crippen molar-refractivity contribution in [3.63, 3.8) is 0 Å². The molecule has 4 heteroatoms. The van der Waals surface area contributed by atoms with Gasteiger partial charge < -0.3 is 11.1 Å². The minimum absolute atomic E-state index is 0.578. The molecule has 0 unspecified atom stereocenters. The van der Waals surface area contributed by atoms with Crippen LogP contribution < -0.4 is 11.1 Å². The molecule has 0 saturated carbocycles. The van der Waals surface area contributed by atoms with Gasteiger partial charge in [-0.2, -0.15) is 11.8 Å². The van der Waals surface area contributed by atoms with E-state index in [1.54, 1.807) is 6.20 Å². The number of pyridine rings is 1. The van der Waals surface area contributed by atoms with E-state index in [0.717, 1.165) is 18.2 Å². The highest BCUT2D eigenvalue weighted by Gasteiger charge is 2.12. The van der Waals surface area contributed by atoms with Gasteiger partial charge in [0, 0.05) is 6.54 Å². The van der Waals surface area contributed by atoms with E-state index in [0.29, 0.717) is 5.82 Å². The number of nitrogen functional groups attached to an aromatic ring is 1. The second-order valence-electron chi connectivity index (χ2n) is 3.91.